The van der Waals surface area contributed by atoms with Crippen LogP contribution in [0.1, 0.15) is 49.9 Å². The topological polar surface area (TPSA) is 40.6 Å². The van der Waals surface area contributed by atoms with E-state index in [0.29, 0.717) is 18.5 Å². The lowest BCUT2D eigenvalue weighted by Crippen LogP contribution is -2.41. The number of hydrogen-bond donors (Lipinski definition) is 0. The fourth-order valence-corrected chi connectivity index (χ4v) is 2.84. The second-order valence-corrected chi connectivity index (χ2v) is 6.10. The second-order valence-electron chi connectivity index (χ2n) is 6.10. The van der Waals surface area contributed by atoms with E-state index in [-0.39, 0.29) is 23.7 Å². The molecule has 1 atom stereocenters. The molecule has 1 aromatic rings. The number of amides is 2. The van der Waals surface area contributed by atoms with Gasteiger partial charge in [-0.05, 0) is 50.5 Å². The predicted octanol–water partition coefficient (Wildman–Crippen LogP) is 3.08. The number of rotatable bonds is 6. The Bertz CT molecular complexity index is 538. The first-order chi connectivity index (χ1) is 11.0. The number of likely N-dealkylation sites (tertiary alicyclic amines) is 1. The molecule has 0 aliphatic carbocycles. The normalized spacial score (nSPS) is 15.5. The van der Waals surface area contributed by atoms with Gasteiger partial charge in [0, 0.05) is 37.7 Å². The Morgan fingerprint density at radius 1 is 1.22 bits per heavy atom. The van der Waals surface area contributed by atoms with Crippen molar-refractivity contribution in [1.29, 1.82) is 0 Å². The molecule has 0 unspecified atom stereocenters. The number of carbonyl (C=O) groups excluding carboxylic acids is 2. The van der Waals surface area contributed by atoms with Crippen molar-refractivity contribution in [2.24, 2.45) is 0 Å². The van der Waals surface area contributed by atoms with Crippen LogP contribution < -0.4 is 0 Å². The summed E-state index contributed by atoms with van der Waals surface area (Å²) in [5.74, 6) is -0.392. The molecular formula is C18H25FN2O2. The van der Waals surface area contributed by atoms with Crippen molar-refractivity contribution in [3.63, 3.8) is 0 Å². The molecule has 0 aromatic heterocycles. The van der Waals surface area contributed by atoms with Crippen molar-refractivity contribution < 1.29 is 14.0 Å². The number of benzene rings is 1. The summed E-state index contributed by atoms with van der Waals surface area (Å²) in [6.45, 7) is 6.04. The standard InChI is InChI=1S/C18H25FN2O2/c1-3-14(2)21(13-10-17(22)20-11-4-5-12-20)18(23)15-6-8-16(19)9-7-15/h6-9,14H,3-5,10-13H2,1-2H3/t14-/m1/s1. The van der Waals surface area contributed by atoms with Crippen LogP contribution in [0.15, 0.2) is 24.3 Å². The van der Waals surface area contributed by atoms with Crippen molar-refractivity contribution in [1.82, 2.24) is 9.80 Å². The van der Waals surface area contributed by atoms with Crippen LogP contribution in [-0.4, -0.2) is 47.3 Å². The molecule has 126 valence electrons. The smallest absolute Gasteiger partial charge is 0.254 e. The fraction of sp³-hybridized carbons (Fsp3) is 0.556. The summed E-state index contributed by atoms with van der Waals surface area (Å²) in [5, 5.41) is 0. The highest BCUT2D eigenvalue weighted by Crippen LogP contribution is 2.14. The molecule has 1 heterocycles. The predicted molar refractivity (Wildman–Crippen MR) is 87.6 cm³/mol. The van der Waals surface area contributed by atoms with Gasteiger partial charge < -0.3 is 9.80 Å². The Hall–Kier alpha value is -1.91. The summed E-state index contributed by atoms with van der Waals surface area (Å²) in [7, 11) is 0. The van der Waals surface area contributed by atoms with Crippen LogP contribution in [0.25, 0.3) is 0 Å². The van der Waals surface area contributed by atoms with Crippen LogP contribution in [0.3, 0.4) is 0 Å². The number of nitrogens with zero attached hydrogens (tertiary/aromatic N) is 2. The molecule has 4 nitrogen and oxygen atoms in total. The maximum Gasteiger partial charge on any atom is 0.254 e. The first-order valence-corrected chi connectivity index (χ1v) is 8.37. The van der Waals surface area contributed by atoms with Crippen molar-refractivity contribution in [3.05, 3.63) is 35.6 Å². The minimum absolute atomic E-state index is 0.0407. The third-order valence-corrected chi connectivity index (χ3v) is 4.50. The molecule has 1 fully saturated rings. The number of carbonyl (C=O) groups is 2. The van der Waals surface area contributed by atoms with Gasteiger partial charge in [0.25, 0.3) is 5.91 Å². The lowest BCUT2D eigenvalue weighted by atomic mass is 10.1. The SMILES string of the molecule is CC[C@@H](C)N(CCC(=O)N1CCCC1)C(=O)c1ccc(F)cc1. The van der Waals surface area contributed by atoms with Crippen molar-refractivity contribution in [3.8, 4) is 0 Å². The van der Waals surface area contributed by atoms with Crippen LogP contribution in [0.5, 0.6) is 0 Å². The molecule has 23 heavy (non-hydrogen) atoms. The molecule has 2 amide bonds. The zero-order chi connectivity index (χ0) is 16.8. The van der Waals surface area contributed by atoms with Crippen LogP contribution in [-0.2, 0) is 4.79 Å². The average Bonchev–Trinajstić information content (AvgIpc) is 3.09. The van der Waals surface area contributed by atoms with Crippen LogP contribution in [0.4, 0.5) is 4.39 Å². The van der Waals surface area contributed by atoms with Crippen molar-refractivity contribution in [2.45, 2.75) is 45.6 Å². The van der Waals surface area contributed by atoms with Crippen LogP contribution >= 0.6 is 0 Å². The highest BCUT2D eigenvalue weighted by molar-refractivity contribution is 5.94. The molecule has 0 radical (unpaired) electrons. The minimum Gasteiger partial charge on any atom is -0.343 e. The summed E-state index contributed by atoms with van der Waals surface area (Å²) >= 11 is 0. The van der Waals surface area contributed by atoms with Gasteiger partial charge in [-0.3, -0.25) is 9.59 Å². The number of hydrogen-bond acceptors (Lipinski definition) is 2. The van der Waals surface area contributed by atoms with Gasteiger partial charge >= 0.3 is 0 Å². The molecule has 0 N–H and O–H groups in total. The van der Waals surface area contributed by atoms with Gasteiger partial charge in [-0.2, -0.15) is 0 Å². The first kappa shape index (κ1) is 17.4. The van der Waals surface area contributed by atoms with Crippen LogP contribution in [0, 0.1) is 5.82 Å². The summed E-state index contributed by atoms with van der Waals surface area (Å²) in [5.41, 5.74) is 0.459. The van der Waals surface area contributed by atoms with Gasteiger partial charge in [0.15, 0.2) is 0 Å². The molecule has 0 spiro atoms. The molecular weight excluding hydrogens is 295 g/mol. The van der Waals surface area contributed by atoms with E-state index < -0.39 is 0 Å². The fourth-order valence-electron chi connectivity index (χ4n) is 2.84. The minimum atomic E-state index is -0.360. The van der Waals surface area contributed by atoms with Crippen molar-refractivity contribution in [2.75, 3.05) is 19.6 Å². The largest absolute Gasteiger partial charge is 0.343 e. The molecule has 1 saturated heterocycles. The van der Waals surface area contributed by atoms with E-state index in [1.807, 2.05) is 18.7 Å². The van der Waals surface area contributed by atoms with E-state index in [9.17, 15) is 14.0 Å². The summed E-state index contributed by atoms with van der Waals surface area (Å²) in [6, 6.07) is 5.61. The van der Waals surface area contributed by atoms with E-state index in [0.717, 1.165) is 32.4 Å². The van der Waals surface area contributed by atoms with Gasteiger partial charge in [-0.25, -0.2) is 4.39 Å². The summed E-state index contributed by atoms with van der Waals surface area (Å²) in [4.78, 5) is 28.5. The quantitative estimate of drug-likeness (QED) is 0.808. The van der Waals surface area contributed by atoms with E-state index >= 15 is 0 Å². The maximum atomic E-state index is 13.0. The third kappa shape index (κ3) is 4.53. The van der Waals surface area contributed by atoms with E-state index in [4.69, 9.17) is 0 Å². The number of halogens is 1. The Morgan fingerprint density at radius 3 is 2.39 bits per heavy atom. The lowest BCUT2D eigenvalue weighted by molar-refractivity contribution is -0.130. The molecule has 1 aliphatic heterocycles. The molecule has 0 bridgehead atoms. The Labute approximate surface area is 137 Å². The maximum absolute atomic E-state index is 13.0. The first-order valence-electron chi connectivity index (χ1n) is 8.37. The van der Waals surface area contributed by atoms with Gasteiger partial charge in [0.1, 0.15) is 5.82 Å². The third-order valence-electron chi connectivity index (χ3n) is 4.50. The molecule has 5 heteroatoms. The zero-order valence-electron chi connectivity index (χ0n) is 13.9. The average molecular weight is 320 g/mol. The second kappa shape index (κ2) is 8.09. The Balaban J connectivity index is 2.02. The van der Waals surface area contributed by atoms with Crippen molar-refractivity contribution >= 4 is 11.8 Å². The monoisotopic (exact) mass is 320 g/mol. The lowest BCUT2D eigenvalue weighted by Gasteiger charge is -2.29. The van der Waals surface area contributed by atoms with Gasteiger partial charge in [0.2, 0.25) is 5.91 Å². The molecule has 2 rings (SSSR count). The molecule has 0 saturated carbocycles. The van der Waals surface area contributed by atoms with E-state index in [1.54, 1.807) is 4.90 Å². The molecule has 1 aromatic carbocycles. The summed E-state index contributed by atoms with van der Waals surface area (Å²) in [6.07, 6.45) is 3.28. The van der Waals surface area contributed by atoms with E-state index in [2.05, 4.69) is 0 Å². The van der Waals surface area contributed by atoms with Gasteiger partial charge in [-0.15, -0.1) is 0 Å². The zero-order valence-corrected chi connectivity index (χ0v) is 13.9. The van der Waals surface area contributed by atoms with Gasteiger partial charge in [-0.1, -0.05) is 6.92 Å². The van der Waals surface area contributed by atoms with Crippen LogP contribution in [0.2, 0.25) is 0 Å². The molecule has 1 aliphatic rings. The highest BCUT2D eigenvalue weighted by atomic mass is 19.1. The Morgan fingerprint density at radius 2 is 1.83 bits per heavy atom. The highest BCUT2D eigenvalue weighted by Gasteiger charge is 2.23. The Kier molecular flexibility index (Phi) is 6.13. The van der Waals surface area contributed by atoms with E-state index in [1.165, 1.54) is 24.3 Å². The van der Waals surface area contributed by atoms with Gasteiger partial charge in [0.05, 0.1) is 0 Å². The summed E-state index contributed by atoms with van der Waals surface area (Å²) < 4.78 is 13.0.